The minimum atomic E-state index is -0.680. The first-order valence-electron chi connectivity index (χ1n) is 10.4. The van der Waals surface area contributed by atoms with Gasteiger partial charge in [-0.05, 0) is 29.5 Å². The molecule has 1 amide bonds. The van der Waals surface area contributed by atoms with E-state index in [4.69, 9.17) is 4.74 Å². The highest BCUT2D eigenvalue weighted by Crippen LogP contribution is 2.48. The maximum Gasteiger partial charge on any atom is 0.226 e. The largest absolute Gasteiger partial charge is 0.376 e. The molecule has 3 aromatic rings. The molecular formula is C26H25NO2. The average molecular weight is 383 g/mol. The number of benzene rings is 3. The number of nitrogens with zero attached hydrogens (tertiary/aromatic N) is 1. The Morgan fingerprint density at radius 2 is 1.24 bits per heavy atom. The van der Waals surface area contributed by atoms with Crippen LogP contribution in [0.25, 0.3) is 0 Å². The van der Waals surface area contributed by atoms with Crippen molar-refractivity contribution >= 4 is 5.91 Å². The lowest BCUT2D eigenvalue weighted by Crippen LogP contribution is -2.54. The van der Waals surface area contributed by atoms with E-state index in [1.807, 2.05) is 18.2 Å². The Kier molecular flexibility index (Phi) is 4.69. The fourth-order valence-electron chi connectivity index (χ4n) is 5.16. The Labute approximate surface area is 171 Å². The van der Waals surface area contributed by atoms with Crippen LogP contribution in [0, 0.1) is 0 Å². The lowest BCUT2D eigenvalue weighted by atomic mass is 9.74. The molecule has 0 aliphatic carbocycles. The number of fused-ring (bicyclic) bond motifs is 1. The summed E-state index contributed by atoms with van der Waals surface area (Å²) in [6, 6.07) is 31.4. The molecule has 0 N–H and O–H groups in total. The maximum atomic E-state index is 13.6. The molecular weight excluding hydrogens is 358 g/mol. The summed E-state index contributed by atoms with van der Waals surface area (Å²) in [4.78, 5) is 15.7. The molecule has 5 rings (SSSR count). The first kappa shape index (κ1) is 18.1. The summed E-state index contributed by atoms with van der Waals surface area (Å²) in [6.07, 6.45) is 2.40. The zero-order valence-corrected chi connectivity index (χ0v) is 16.4. The van der Waals surface area contributed by atoms with Gasteiger partial charge in [0, 0.05) is 6.61 Å². The van der Waals surface area contributed by atoms with E-state index in [0.29, 0.717) is 6.42 Å². The van der Waals surface area contributed by atoms with Gasteiger partial charge in [0.25, 0.3) is 0 Å². The summed E-state index contributed by atoms with van der Waals surface area (Å²) < 4.78 is 6.04. The molecule has 2 saturated heterocycles. The topological polar surface area (TPSA) is 29.5 Å². The Balaban J connectivity index is 1.82. The van der Waals surface area contributed by atoms with Gasteiger partial charge in [-0.1, -0.05) is 91.0 Å². The van der Waals surface area contributed by atoms with E-state index in [2.05, 4.69) is 77.7 Å². The third-order valence-electron chi connectivity index (χ3n) is 6.32. The molecule has 0 unspecified atom stereocenters. The second-order valence-corrected chi connectivity index (χ2v) is 7.90. The van der Waals surface area contributed by atoms with Crippen LogP contribution in [0.15, 0.2) is 91.0 Å². The van der Waals surface area contributed by atoms with Crippen molar-refractivity contribution in [2.45, 2.75) is 36.9 Å². The predicted octanol–water partition coefficient (Wildman–Crippen LogP) is 4.76. The van der Waals surface area contributed by atoms with Crippen molar-refractivity contribution in [1.82, 2.24) is 4.90 Å². The number of rotatable bonds is 4. The molecule has 3 aromatic carbocycles. The van der Waals surface area contributed by atoms with Crippen molar-refractivity contribution in [3.63, 3.8) is 0 Å². The van der Waals surface area contributed by atoms with Gasteiger partial charge in [-0.25, -0.2) is 0 Å². The van der Waals surface area contributed by atoms with Crippen LogP contribution in [0.3, 0.4) is 0 Å². The highest BCUT2D eigenvalue weighted by molar-refractivity contribution is 5.83. The quantitative estimate of drug-likeness (QED) is 0.608. The maximum absolute atomic E-state index is 13.6. The van der Waals surface area contributed by atoms with Gasteiger partial charge in [-0.3, -0.25) is 4.79 Å². The highest BCUT2D eigenvalue weighted by atomic mass is 16.5. The standard InChI is InChI=1S/C26H25NO2/c28-25-19-24-23(17-10-18-29-24)27(25)26(20-11-4-1-5-12-20,21-13-6-2-7-14-21)22-15-8-3-9-16-22/h1-9,11-16,23-24H,10,17-19H2/t23-,24+/m0/s1. The van der Waals surface area contributed by atoms with E-state index >= 15 is 0 Å². The predicted molar refractivity (Wildman–Crippen MR) is 113 cm³/mol. The van der Waals surface area contributed by atoms with Crippen LogP contribution in [0.2, 0.25) is 0 Å². The van der Waals surface area contributed by atoms with Crippen LogP contribution in [0.4, 0.5) is 0 Å². The monoisotopic (exact) mass is 383 g/mol. The van der Waals surface area contributed by atoms with Gasteiger partial charge in [0.15, 0.2) is 0 Å². The Morgan fingerprint density at radius 1 is 0.759 bits per heavy atom. The number of hydrogen-bond donors (Lipinski definition) is 0. The number of likely N-dealkylation sites (tertiary alicyclic amines) is 1. The van der Waals surface area contributed by atoms with Crippen LogP contribution in [-0.2, 0) is 15.1 Å². The summed E-state index contributed by atoms with van der Waals surface area (Å²) in [5, 5.41) is 0. The van der Waals surface area contributed by atoms with Crippen molar-refractivity contribution in [1.29, 1.82) is 0 Å². The summed E-state index contributed by atoms with van der Waals surface area (Å²) in [7, 11) is 0. The Morgan fingerprint density at radius 3 is 1.72 bits per heavy atom. The van der Waals surface area contributed by atoms with Crippen LogP contribution < -0.4 is 0 Å². The Bertz CT molecular complexity index is 875. The first-order valence-corrected chi connectivity index (χ1v) is 10.4. The molecule has 0 radical (unpaired) electrons. The SMILES string of the molecule is O=C1C[C@H]2OCCC[C@@H]2N1C(c1ccccc1)(c1ccccc1)c1ccccc1. The van der Waals surface area contributed by atoms with Crippen LogP contribution in [0.1, 0.15) is 36.0 Å². The smallest absolute Gasteiger partial charge is 0.226 e. The fraction of sp³-hybridized carbons (Fsp3) is 0.269. The second-order valence-electron chi connectivity index (χ2n) is 7.90. The van der Waals surface area contributed by atoms with Crippen LogP contribution in [0.5, 0.6) is 0 Å². The third-order valence-corrected chi connectivity index (χ3v) is 6.32. The average Bonchev–Trinajstić information content (AvgIpc) is 3.13. The summed E-state index contributed by atoms with van der Waals surface area (Å²) >= 11 is 0. The van der Waals surface area contributed by atoms with E-state index in [9.17, 15) is 4.79 Å². The molecule has 3 heteroatoms. The van der Waals surface area contributed by atoms with Crippen molar-refractivity contribution < 1.29 is 9.53 Å². The van der Waals surface area contributed by atoms with Gasteiger partial charge in [-0.2, -0.15) is 0 Å². The lowest BCUT2D eigenvalue weighted by molar-refractivity contribution is -0.133. The van der Waals surface area contributed by atoms with E-state index in [1.54, 1.807) is 0 Å². The van der Waals surface area contributed by atoms with Crippen molar-refractivity contribution in [3.8, 4) is 0 Å². The molecule has 2 fully saturated rings. The van der Waals surface area contributed by atoms with Crippen LogP contribution in [-0.4, -0.2) is 29.6 Å². The van der Waals surface area contributed by atoms with Gasteiger partial charge in [-0.15, -0.1) is 0 Å². The van der Waals surface area contributed by atoms with E-state index in [1.165, 1.54) is 0 Å². The van der Waals surface area contributed by atoms with E-state index in [0.717, 1.165) is 36.1 Å². The zero-order valence-electron chi connectivity index (χ0n) is 16.4. The summed E-state index contributed by atoms with van der Waals surface area (Å²) in [6.45, 7) is 0.747. The molecule has 0 bridgehead atoms. The molecule has 146 valence electrons. The summed E-state index contributed by atoms with van der Waals surface area (Å²) in [5.74, 6) is 0.165. The molecule has 3 nitrogen and oxygen atoms in total. The normalized spacial score (nSPS) is 21.8. The van der Waals surface area contributed by atoms with Crippen molar-refractivity contribution in [3.05, 3.63) is 108 Å². The number of hydrogen-bond acceptors (Lipinski definition) is 2. The minimum absolute atomic E-state index is 0.0215. The molecule has 0 saturated carbocycles. The molecule has 0 aromatic heterocycles. The molecule has 0 spiro atoms. The molecule has 2 heterocycles. The van der Waals surface area contributed by atoms with Crippen LogP contribution >= 0.6 is 0 Å². The van der Waals surface area contributed by atoms with Crippen molar-refractivity contribution in [2.75, 3.05) is 6.61 Å². The number of carbonyl (C=O) groups is 1. The Hall–Kier alpha value is -2.91. The number of amides is 1. The minimum Gasteiger partial charge on any atom is -0.376 e. The van der Waals surface area contributed by atoms with Gasteiger partial charge in [0.2, 0.25) is 5.91 Å². The van der Waals surface area contributed by atoms with Gasteiger partial charge in [0.05, 0.1) is 18.6 Å². The fourth-order valence-corrected chi connectivity index (χ4v) is 5.16. The third kappa shape index (κ3) is 2.89. The zero-order chi connectivity index (χ0) is 19.7. The molecule has 2 aliphatic rings. The van der Waals surface area contributed by atoms with Gasteiger partial charge in [0.1, 0.15) is 5.54 Å². The second kappa shape index (κ2) is 7.49. The lowest BCUT2D eigenvalue weighted by Gasteiger charge is -2.47. The number of ether oxygens (including phenoxy) is 1. The highest BCUT2D eigenvalue weighted by Gasteiger charge is 2.54. The van der Waals surface area contributed by atoms with E-state index < -0.39 is 5.54 Å². The molecule has 2 aliphatic heterocycles. The first-order chi connectivity index (χ1) is 14.3. The van der Waals surface area contributed by atoms with E-state index in [-0.39, 0.29) is 18.1 Å². The molecule has 2 atom stereocenters. The number of carbonyl (C=O) groups excluding carboxylic acids is 1. The molecule has 29 heavy (non-hydrogen) atoms. The van der Waals surface area contributed by atoms with Crippen molar-refractivity contribution in [2.24, 2.45) is 0 Å². The van der Waals surface area contributed by atoms with Gasteiger partial charge >= 0.3 is 0 Å². The summed E-state index contributed by atoms with van der Waals surface area (Å²) in [5.41, 5.74) is 2.65. The van der Waals surface area contributed by atoms with Gasteiger partial charge < -0.3 is 9.64 Å².